The van der Waals surface area contributed by atoms with Crippen LogP contribution < -0.4 is 0 Å². The molecule has 56 heavy (non-hydrogen) atoms. The van der Waals surface area contributed by atoms with E-state index in [1.54, 1.807) is 92.3 Å². The number of phenols is 4. The van der Waals surface area contributed by atoms with E-state index in [-0.39, 0.29) is 23.0 Å². The Balaban J connectivity index is 1.26. The molecule has 8 aromatic rings. The number of rotatable bonds is 4. The maximum atomic E-state index is 10.6. The lowest BCUT2D eigenvalue weighted by molar-refractivity contribution is 0.447. The Morgan fingerprint density at radius 2 is 0.518 bits per heavy atom. The van der Waals surface area contributed by atoms with E-state index < -0.39 is 10.8 Å². The molecule has 11 rings (SSSR count). The highest BCUT2D eigenvalue weighted by atomic mass is 32.1. The first kappa shape index (κ1) is 35.5. The Morgan fingerprint density at radius 1 is 0.304 bits per heavy atom. The molecule has 0 saturated heterocycles. The van der Waals surface area contributed by atoms with Crippen molar-refractivity contribution in [1.29, 1.82) is 0 Å². The average Bonchev–Trinajstić information content (AvgIpc) is 4.02. The molecular weight excluding hydrogens is 809 g/mol. The van der Waals surface area contributed by atoms with Crippen LogP contribution in [0.3, 0.4) is 0 Å². The SMILES string of the molecule is Oc1cc(O)cc(CC23c4ccc(s4)/C=C/c4ccc(s4)C(Cc4cc(O)cc(O)c4)(c4ccc(s4)/C=C/c4ccc2s4)c2ccc(s2)/C=C/c2ccc3s2)c1. The van der Waals surface area contributed by atoms with Gasteiger partial charge in [-0.15, -0.1) is 68.0 Å². The summed E-state index contributed by atoms with van der Waals surface area (Å²) in [5.74, 6) is 0.171. The molecule has 0 radical (unpaired) electrons. The van der Waals surface area contributed by atoms with E-state index in [1.807, 2.05) is 0 Å². The molecule has 3 aliphatic heterocycles. The maximum Gasteiger partial charge on any atom is 0.119 e. The van der Waals surface area contributed by atoms with Gasteiger partial charge in [0.15, 0.2) is 0 Å². The van der Waals surface area contributed by atoms with Crippen molar-refractivity contribution in [2.45, 2.75) is 23.7 Å². The largest absolute Gasteiger partial charge is 0.508 e. The molecule has 14 bridgehead atoms. The Morgan fingerprint density at radius 3 is 0.732 bits per heavy atom. The van der Waals surface area contributed by atoms with Crippen molar-refractivity contribution in [3.63, 3.8) is 0 Å². The van der Waals surface area contributed by atoms with Gasteiger partial charge in [0.2, 0.25) is 0 Å². The van der Waals surface area contributed by atoms with Crippen LogP contribution in [0.2, 0.25) is 0 Å². The second-order valence-corrected chi connectivity index (χ2v) is 20.8. The minimum atomic E-state index is -0.594. The molecule has 3 aliphatic rings. The summed E-state index contributed by atoms with van der Waals surface area (Å²) in [6.45, 7) is 0. The molecule has 0 saturated carbocycles. The predicted octanol–water partition coefficient (Wildman–Crippen LogP) is 13.2. The fourth-order valence-electron chi connectivity index (χ4n) is 7.90. The summed E-state index contributed by atoms with van der Waals surface area (Å²) in [4.78, 5) is 13.9. The molecular formula is C46H32O4S6. The lowest BCUT2D eigenvalue weighted by atomic mass is 9.77. The lowest BCUT2D eigenvalue weighted by Gasteiger charge is -2.32. The number of hydrogen-bond donors (Lipinski definition) is 4. The predicted molar refractivity (Wildman–Crippen MR) is 239 cm³/mol. The van der Waals surface area contributed by atoms with Gasteiger partial charge in [-0.2, -0.15) is 0 Å². The van der Waals surface area contributed by atoms with E-state index in [0.29, 0.717) is 12.8 Å². The average molecular weight is 841 g/mol. The highest BCUT2D eigenvalue weighted by molar-refractivity contribution is 7.18. The van der Waals surface area contributed by atoms with Crippen LogP contribution in [0.25, 0.3) is 36.5 Å². The summed E-state index contributed by atoms with van der Waals surface area (Å²) >= 11 is 10.6. The Labute approximate surface area is 347 Å². The van der Waals surface area contributed by atoms with Crippen molar-refractivity contribution in [2.24, 2.45) is 0 Å². The molecule has 0 aliphatic carbocycles. The fraction of sp³-hybridized carbons (Fsp3) is 0.0870. The van der Waals surface area contributed by atoms with Crippen molar-refractivity contribution in [3.8, 4) is 23.0 Å². The summed E-state index contributed by atoms with van der Waals surface area (Å²) in [6, 6.07) is 36.5. The van der Waals surface area contributed by atoms with Gasteiger partial charge in [-0.25, -0.2) is 0 Å². The molecule has 0 unspecified atom stereocenters. The van der Waals surface area contributed by atoms with Crippen molar-refractivity contribution in [2.75, 3.05) is 0 Å². The van der Waals surface area contributed by atoms with Gasteiger partial charge in [-0.3, -0.25) is 0 Å². The van der Waals surface area contributed by atoms with Crippen LogP contribution in [0.5, 0.6) is 23.0 Å². The van der Waals surface area contributed by atoms with Crippen molar-refractivity contribution in [1.82, 2.24) is 0 Å². The van der Waals surface area contributed by atoms with Gasteiger partial charge < -0.3 is 20.4 Å². The van der Waals surface area contributed by atoms with Gasteiger partial charge >= 0.3 is 0 Å². The minimum Gasteiger partial charge on any atom is -0.508 e. The summed E-state index contributed by atoms with van der Waals surface area (Å²) in [6.07, 6.45) is 14.3. The molecule has 4 N–H and O–H groups in total. The van der Waals surface area contributed by atoms with E-state index in [9.17, 15) is 20.4 Å². The van der Waals surface area contributed by atoms with E-state index in [2.05, 4.69) is 109 Å². The molecule has 0 spiro atoms. The number of benzene rings is 2. The third kappa shape index (κ3) is 6.31. The lowest BCUT2D eigenvalue weighted by Crippen LogP contribution is -2.29. The van der Waals surface area contributed by atoms with Gasteiger partial charge in [-0.1, -0.05) is 0 Å². The maximum absolute atomic E-state index is 10.6. The first-order valence-corrected chi connectivity index (χ1v) is 22.8. The van der Waals surface area contributed by atoms with E-state index >= 15 is 0 Å². The Hall–Kier alpha value is -4.94. The Kier molecular flexibility index (Phi) is 8.81. The van der Waals surface area contributed by atoms with Crippen LogP contribution >= 0.6 is 68.0 Å². The van der Waals surface area contributed by atoms with E-state index in [1.165, 1.54) is 41.4 Å². The molecule has 9 heterocycles. The normalized spacial score (nSPS) is 20.1. The Bertz CT molecular complexity index is 2400. The molecule has 0 atom stereocenters. The zero-order valence-electron chi connectivity index (χ0n) is 29.5. The zero-order valence-corrected chi connectivity index (χ0v) is 34.4. The highest BCUT2D eigenvalue weighted by Crippen LogP contribution is 2.53. The molecule has 10 heteroatoms. The fourth-order valence-corrected chi connectivity index (χ4v) is 15.1. The van der Waals surface area contributed by atoms with Gasteiger partial charge in [0, 0.05) is 70.7 Å². The highest BCUT2D eigenvalue weighted by Gasteiger charge is 2.42. The van der Waals surface area contributed by atoms with Gasteiger partial charge in [0.25, 0.3) is 0 Å². The topological polar surface area (TPSA) is 80.9 Å². The molecule has 0 amide bonds. The summed E-state index contributed by atoms with van der Waals surface area (Å²) < 4.78 is 0. The summed E-state index contributed by atoms with van der Waals surface area (Å²) in [5, 5.41) is 42.5. The van der Waals surface area contributed by atoms with Crippen molar-refractivity contribution in [3.05, 3.63) is 179 Å². The summed E-state index contributed by atoms with van der Waals surface area (Å²) in [7, 11) is 0. The van der Waals surface area contributed by atoms with Crippen LogP contribution in [0.15, 0.2) is 109 Å². The van der Waals surface area contributed by atoms with Gasteiger partial charge in [0.05, 0.1) is 10.8 Å². The summed E-state index contributed by atoms with van der Waals surface area (Å²) in [5.41, 5.74) is 0.509. The van der Waals surface area contributed by atoms with Crippen LogP contribution in [0.1, 0.15) is 69.7 Å². The number of aromatic hydroxyl groups is 4. The van der Waals surface area contributed by atoms with Crippen LogP contribution in [0.4, 0.5) is 0 Å². The molecule has 2 aromatic carbocycles. The minimum absolute atomic E-state index is 0.0428. The molecule has 6 aromatic heterocycles. The first-order chi connectivity index (χ1) is 27.2. The molecule has 276 valence electrons. The zero-order chi connectivity index (χ0) is 38.0. The smallest absolute Gasteiger partial charge is 0.119 e. The second-order valence-electron chi connectivity index (χ2n) is 14.1. The third-order valence-electron chi connectivity index (χ3n) is 10.4. The molecule has 0 fully saturated rings. The third-order valence-corrected chi connectivity index (χ3v) is 17.7. The van der Waals surface area contributed by atoms with E-state index in [4.69, 9.17) is 0 Å². The monoisotopic (exact) mass is 840 g/mol. The standard InChI is InChI=1S/C46H32O4S6/c47-29-19-27(20-30(48)23-29)25-45-39-13-7-33(51-39)1-2-34-8-14-40(52-34)46(26-28-21-31(49)24-32(50)22-28,43-17-11-37(55-43)5-3-35-9-15-41(45)53-35)44-18-12-38(56-44)6-4-36-10-16-42(45)54-36/h1-24,47-50H,25-26H2/b2-1+,5-3+,6-4+. The van der Waals surface area contributed by atoms with E-state index in [0.717, 1.165) is 40.4 Å². The first-order valence-electron chi connectivity index (χ1n) is 17.9. The van der Waals surface area contributed by atoms with Crippen molar-refractivity contribution < 1.29 is 20.4 Å². The van der Waals surface area contributed by atoms with Gasteiger partial charge in [-0.05, 0) is 157 Å². The number of phenolic OH excluding ortho intramolecular Hbond substituents is 4. The second kappa shape index (κ2) is 13.9. The number of hydrogen-bond acceptors (Lipinski definition) is 10. The van der Waals surface area contributed by atoms with Crippen LogP contribution in [-0.4, -0.2) is 20.4 Å². The van der Waals surface area contributed by atoms with Crippen LogP contribution in [-0.2, 0) is 23.7 Å². The van der Waals surface area contributed by atoms with Crippen molar-refractivity contribution >= 4 is 104 Å². The van der Waals surface area contributed by atoms with Gasteiger partial charge in [0.1, 0.15) is 23.0 Å². The number of thiophene rings is 6. The quantitative estimate of drug-likeness (QED) is 0.142. The van der Waals surface area contributed by atoms with Crippen LogP contribution in [0, 0.1) is 0 Å². The molecule has 4 nitrogen and oxygen atoms in total.